The molecular formula is C12H14O4. The van der Waals surface area contributed by atoms with Gasteiger partial charge in [0.05, 0.1) is 18.3 Å². The van der Waals surface area contributed by atoms with E-state index in [0.29, 0.717) is 25.2 Å². The van der Waals surface area contributed by atoms with Crippen molar-refractivity contribution >= 4 is 5.97 Å². The van der Waals surface area contributed by atoms with Crippen molar-refractivity contribution in [3.8, 4) is 5.75 Å². The summed E-state index contributed by atoms with van der Waals surface area (Å²) in [6, 6.07) is 5.14. The smallest absolute Gasteiger partial charge is 0.338 e. The largest absolute Gasteiger partial charge is 0.491 e. The van der Waals surface area contributed by atoms with Crippen LogP contribution in [0, 0.1) is 0 Å². The molecule has 86 valence electrons. The van der Waals surface area contributed by atoms with Crippen molar-refractivity contribution in [2.45, 2.75) is 19.4 Å². The molecule has 0 saturated heterocycles. The Hall–Kier alpha value is -1.55. The van der Waals surface area contributed by atoms with Gasteiger partial charge in [-0.25, -0.2) is 4.79 Å². The summed E-state index contributed by atoms with van der Waals surface area (Å²) in [6.07, 6.45) is 0.0210. The van der Waals surface area contributed by atoms with Gasteiger partial charge in [0.15, 0.2) is 0 Å². The molecule has 0 spiro atoms. The lowest BCUT2D eigenvalue weighted by molar-refractivity contribution is 0.0525. The van der Waals surface area contributed by atoms with Crippen LogP contribution in [0.3, 0.4) is 0 Å². The number of esters is 1. The standard InChI is InChI=1S/C12H14O4/c1-2-15-12(14)8-3-4-11-9(5-8)6-10(13)7-16-11/h3-5,10,13H,2,6-7H2,1H3. The highest BCUT2D eigenvalue weighted by atomic mass is 16.5. The molecule has 0 aliphatic carbocycles. The van der Waals surface area contributed by atoms with E-state index in [0.717, 1.165) is 11.3 Å². The number of fused-ring (bicyclic) bond motifs is 1. The van der Waals surface area contributed by atoms with Gasteiger partial charge in [0.1, 0.15) is 12.4 Å². The Morgan fingerprint density at radius 2 is 2.44 bits per heavy atom. The van der Waals surface area contributed by atoms with Gasteiger partial charge in [-0.15, -0.1) is 0 Å². The van der Waals surface area contributed by atoms with Crippen LogP contribution in [-0.2, 0) is 11.2 Å². The van der Waals surface area contributed by atoms with E-state index in [1.54, 1.807) is 25.1 Å². The maximum absolute atomic E-state index is 11.5. The second-order valence-corrected chi connectivity index (χ2v) is 3.71. The van der Waals surface area contributed by atoms with Gasteiger partial charge in [0, 0.05) is 6.42 Å². The first-order chi connectivity index (χ1) is 7.70. The van der Waals surface area contributed by atoms with Crippen molar-refractivity contribution in [3.63, 3.8) is 0 Å². The molecule has 1 aliphatic heterocycles. The Labute approximate surface area is 93.8 Å². The molecular weight excluding hydrogens is 208 g/mol. The fourth-order valence-electron chi connectivity index (χ4n) is 1.72. The van der Waals surface area contributed by atoms with Crippen LogP contribution in [0.25, 0.3) is 0 Å². The van der Waals surface area contributed by atoms with Gasteiger partial charge in [-0.05, 0) is 30.7 Å². The van der Waals surface area contributed by atoms with E-state index in [-0.39, 0.29) is 5.97 Å². The monoisotopic (exact) mass is 222 g/mol. The molecule has 1 heterocycles. The third kappa shape index (κ3) is 2.17. The molecule has 0 saturated carbocycles. The van der Waals surface area contributed by atoms with Gasteiger partial charge < -0.3 is 14.6 Å². The zero-order chi connectivity index (χ0) is 11.5. The molecule has 4 nitrogen and oxygen atoms in total. The number of aliphatic hydroxyl groups is 1. The minimum absolute atomic E-state index is 0.311. The molecule has 0 fully saturated rings. The summed E-state index contributed by atoms with van der Waals surface area (Å²) in [7, 11) is 0. The van der Waals surface area contributed by atoms with Crippen molar-refractivity contribution in [3.05, 3.63) is 29.3 Å². The number of ether oxygens (including phenoxy) is 2. The predicted octanol–water partition coefficient (Wildman–Crippen LogP) is 1.16. The van der Waals surface area contributed by atoms with Crippen molar-refractivity contribution in [1.29, 1.82) is 0 Å². The van der Waals surface area contributed by atoms with Gasteiger partial charge in [-0.3, -0.25) is 0 Å². The maximum atomic E-state index is 11.5. The molecule has 4 heteroatoms. The molecule has 1 atom stereocenters. The molecule has 0 aromatic heterocycles. The van der Waals surface area contributed by atoms with Gasteiger partial charge in [-0.2, -0.15) is 0 Å². The second-order valence-electron chi connectivity index (χ2n) is 3.71. The van der Waals surface area contributed by atoms with Gasteiger partial charge in [0.25, 0.3) is 0 Å². The van der Waals surface area contributed by atoms with E-state index in [4.69, 9.17) is 9.47 Å². The fourth-order valence-corrected chi connectivity index (χ4v) is 1.72. The summed E-state index contributed by atoms with van der Waals surface area (Å²) in [4.78, 5) is 11.5. The van der Waals surface area contributed by atoms with Gasteiger partial charge in [0.2, 0.25) is 0 Å². The lowest BCUT2D eigenvalue weighted by atomic mass is 10.0. The SMILES string of the molecule is CCOC(=O)c1ccc2c(c1)CC(O)CO2. The zero-order valence-electron chi connectivity index (χ0n) is 9.10. The average Bonchev–Trinajstić information content (AvgIpc) is 2.28. The van der Waals surface area contributed by atoms with E-state index in [1.165, 1.54) is 0 Å². The Morgan fingerprint density at radius 1 is 1.62 bits per heavy atom. The molecule has 1 N–H and O–H groups in total. The van der Waals surface area contributed by atoms with E-state index >= 15 is 0 Å². The first-order valence-corrected chi connectivity index (χ1v) is 5.31. The van der Waals surface area contributed by atoms with Crippen LogP contribution in [0.2, 0.25) is 0 Å². The number of hydrogen-bond acceptors (Lipinski definition) is 4. The molecule has 0 bridgehead atoms. The van der Waals surface area contributed by atoms with Crippen LogP contribution in [0.1, 0.15) is 22.8 Å². The fraction of sp³-hybridized carbons (Fsp3) is 0.417. The van der Waals surface area contributed by atoms with E-state index in [1.807, 2.05) is 0 Å². The third-order valence-electron chi connectivity index (χ3n) is 2.46. The summed E-state index contributed by atoms with van der Waals surface area (Å²) in [6.45, 7) is 2.43. The van der Waals surface area contributed by atoms with Crippen molar-refractivity contribution in [2.24, 2.45) is 0 Å². The minimum Gasteiger partial charge on any atom is -0.491 e. The Balaban J connectivity index is 2.24. The number of carbonyl (C=O) groups is 1. The molecule has 1 aromatic carbocycles. The second kappa shape index (κ2) is 4.53. The van der Waals surface area contributed by atoms with E-state index in [9.17, 15) is 9.90 Å². The Bertz CT molecular complexity index is 400. The summed E-state index contributed by atoms with van der Waals surface area (Å²) < 4.78 is 10.2. The molecule has 1 aromatic rings. The van der Waals surface area contributed by atoms with Gasteiger partial charge in [-0.1, -0.05) is 0 Å². The van der Waals surface area contributed by atoms with Crippen LogP contribution in [0.4, 0.5) is 0 Å². The van der Waals surface area contributed by atoms with Crippen LogP contribution in [-0.4, -0.2) is 30.4 Å². The van der Waals surface area contributed by atoms with Crippen molar-refractivity contribution in [1.82, 2.24) is 0 Å². The van der Waals surface area contributed by atoms with Crippen molar-refractivity contribution in [2.75, 3.05) is 13.2 Å². The summed E-state index contributed by atoms with van der Waals surface area (Å²) in [5, 5.41) is 9.45. The first kappa shape index (κ1) is 11.0. The summed E-state index contributed by atoms with van der Waals surface area (Å²) in [5.74, 6) is 0.392. The number of hydrogen-bond donors (Lipinski definition) is 1. The molecule has 1 aliphatic rings. The predicted molar refractivity (Wildman–Crippen MR) is 57.6 cm³/mol. The number of rotatable bonds is 2. The lowest BCUT2D eigenvalue weighted by Gasteiger charge is -2.21. The Kier molecular flexibility index (Phi) is 3.10. The average molecular weight is 222 g/mol. The molecule has 16 heavy (non-hydrogen) atoms. The molecule has 1 unspecified atom stereocenters. The summed E-state index contributed by atoms with van der Waals surface area (Å²) >= 11 is 0. The lowest BCUT2D eigenvalue weighted by Crippen LogP contribution is -2.25. The van der Waals surface area contributed by atoms with E-state index in [2.05, 4.69) is 0 Å². The van der Waals surface area contributed by atoms with Crippen LogP contribution in [0.5, 0.6) is 5.75 Å². The first-order valence-electron chi connectivity index (χ1n) is 5.31. The van der Waals surface area contributed by atoms with E-state index < -0.39 is 6.10 Å². The van der Waals surface area contributed by atoms with Crippen LogP contribution < -0.4 is 4.74 Å². The molecule has 0 radical (unpaired) electrons. The number of carbonyl (C=O) groups excluding carboxylic acids is 1. The Morgan fingerprint density at radius 3 is 3.19 bits per heavy atom. The van der Waals surface area contributed by atoms with Gasteiger partial charge >= 0.3 is 5.97 Å². The van der Waals surface area contributed by atoms with Crippen molar-refractivity contribution < 1.29 is 19.4 Å². The number of benzene rings is 1. The van der Waals surface area contributed by atoms with Crippen LogP contribution >= 0.6 is 0 Å². The number of aliphatic hydroxyl groups excluding tert-OH is 1. The highest BCUT2D eigenvalue weighted by molar-refractivity contribution is 5.89. The quantitative estimate of drug-likeness (QED) is 0.763. The maximum Gasteiger partial charge on any atom is 0.338 e. The molecule has 0 amide bonds. The normalized spacial score (nSPS) is 18.5. The summed E-state index contributed by atoms with van der Waals surface area (Å²) in [5.41, 5.74) is 1.35. The highest BCUT2D eigenvalue weighted by Crippen LogP contribution is 2.25. The minimum atomic E-state index is -0.495. The topological polar surface area (TPSA) is 55.8 Å². The van der Waals surface area contributed by atoms with Crippen LogP contribution in [0.15, 0.2) is 18.2 Å². The molecule has 2 rings (SSSR count). The third-order valence-corrected chi connectivity index (χ3v) is 2.46. The zero-order valence-corrected chi connectivity index (χ0v) is 9.10. The highest BCUT2D eigenvalue weighted by Gasteiger charge is 2.19.